The fourth-order valence-corrected chi connectivity index (χ4v) is 5.66. The maximum atomic E-state index is 2.41. The van der Waals surface area contributed by atoms with E-state index in [-0.39, 0.29) is 50.7 Å². The van der Waals surface area contributed by atoms with Gasteiger partial charge in [-0.2, -0.15) is 6.07 Å². The van der Waals surface area contributed by atoms with Crippen molar-refractivity contribution in [3.63, 3.8) is 0 Å². The average molecular weight is 577 g/mol. The van der Waals surface area contributed by atoms with Crippen LogP contribution in [0.4, 0.5) is 0 Å². The monoisotopic (exact) mass is 577 g/mol. The van der Waals surface area contributed by atoms with E-state index in [1.807, 2.05) is 0 Å². The molecule has 4 heteroatoms. The number of hydrogen-bond donors (Lipinski definition) is 0. The Balaban J connectivity index is 0.00000121. The van der Waals surface area contributed by atoms with Gasteiger partial charge in [-0.05, 0) is 25.5 Å². The van der Waals surface area contributed by atoms with Crippen LogP contribution in [0, 0.1) is 13.8 Å². The van der Waals surface area contributed by atoms with Crippen molar-refractivity contribution in [1.82, 2.24) is 0 Å². The molecule has 4 aromatic carbocycles. The van der Waals surface area contributed by atoms with Crippen LogP contribution in [-0.2, 0) is 25.8 Å². The summed E-state index contributed by atoms with van der Waals surface area (Å²) in [5.74, 6) is 0. The van der Waals surface area contributed by atoms with Crippen molar-refractivity contribution < 1.29 is 50.7 Å². The summed E-state index contributed by atoms with van der Waals surface area (Å²) in [6.07, 6.45) is 0. The molecular weight excluding hydrogens is 557 g/mol. The van der Waals surface area contributed by atoms with Gasteiger partial charge in [0.2, 0.25) is 0 Å². The van der Waals surface area contributed by atoms with E-state index in [1.165, 1.54) is 37.8 Å². The molecule has 0 spiro atoms. The number of aryl methyl sites for hydroxylation is 2. The summed E-state index contributed by atoms with van der Waals surface area (Å²) in [7, 11) is -0.518. The van der Waals surface area contributed by atoms with Crippen LogP contribution in [0.15, 0.2) is 84.9 Å². The van der Waals surface area contributed by atoms with Gasteiger partial charge in [0.1, 0.15) is 0 Å². The van der Waals surface area contributed by atoms with Gasteiger partial charge in [0.05, 0.1) is 0 Å². The zero-order valence-corrected chi connectivity index (χ0v) is 21.3. The van der Waals surface area contributed by atoms with E-state index >= 15 is 0 Å². The van der Waals surface area contributed by atoms with Crippen LogP contribution in [0.2, 0.25) is 0 Å². The predicted molar refractivity (Wildman–Crippen MR) is 108 cm³/mol. The van der Waals surface area contributed by atoms with E-state index in [0.717, 1.165) is 0 Å². The summed E-state index contributed by atoms with van der Waals surface area (Å²) >= 11 is 0. The molecule has 0 N–H and O–H groups in total. The van der Waals surface area contributed by atoms with E-state index < -0.39 is 7.92 Å². The van der Waals surface area contributed by atoms with Crippen molar-refractivity contribution in [2.24, 2.45) is 0 Å². The number of fused-ring (bicyclic) bond motifs is 1. The molecule has 0 atom stereocenters. The Labute approximate surface area is 194 Å². The van der Waals surface area contributed by atoms with E-state index in [9.17, 15) is 0 Å². The van der Waals surface area contributed by atoms with Gasteiger partial charge in [0.25, 0.3) is 0 Å². The van der Waals surface area contributed by atoms with Crippen molar-refractivity contribution in [1.29, 1.82) is 0 Å². The van der Waals surface area contributed by atoms with Crippen LogP contribution in [0.3, 0.4) is 0 Å². The topological polar surface area (TPSA) is 0 Å². The van der Waals surface area contributed by atoms with Crippen molar-refractivity contribution in [2.75, 3.05) is 0 Å². The molecule has 0 saturated carbocycles. The quantitative estimate of drug-likeness (QED) is 0.166. The molecule has 138 valence electrons. The van der Waals surface area contributed by atoms with Crippen LogP contribution in [-0.4, -0.2) is 0 Å². The number of benzene rings is 3. The molecule has 0 amide bonds. The minimum Gasteiger partial charge on any atom is -1.00 e. The van der Waals surface area contributed by atoms with Gasteiger partial charge in [-0.15, -0.1) is 33.8 Å². The molecule has 0 aromatic heterocycles. The second-order valence-corrected chi connectivity index (χ2v) is 8.47. The molecule has 27 heavy (non-hydrogen) atoms. The minimum atomic E-state index is -0.518. The van der Waals surface area contributed by atoms with Gasteiger partial charge in [0, 0.05) is 25.8 Å². The predicted octanol–water partition coefficient (Wildman–Crippen LogP) is -1.06. The van der Waals surface area contributed by atoms with E-state index in [2.05, 4.69) is 98.8 Å². The molecule has 0 radical (unpaired) electrons. The maximum absolute atomic E-state index is 2.41. The Bertz CT molecular complexity index is 903. The zero-order chi connectivity index (χ0) is 16.5. The summed E-state index contributed by atoms with van der Waals surface area (Å²) in [4.78, 5) is 0. The summed E-state index contributed by atoms with van der Waals surface area (Å²) in [6.45, 7) is 4.41. The first-order valence-corrected chi connectivity index (χ1v) is 9.65. The van der Waals surface area contributed by atoms with Gasteiger partial charge in [-0.3, -0.25) is 0 Å². The molecule has 0 heterocycles. The summed E-state index contributed by atoms with van der Waals surface area (Å²) in [5, 5.41) is 7.04. The first-order valence-electron chi connectivity index (χ1n) is 8.31. The first-order chi connectivity index (χ1) is 11.7. The van der Waals surface area contributed by atoms with Crippen molar-refractivity contribution in [3.8, 4) is 0 Å². The van der Waals surface area contributed by atoms with Crippen LogP contribution < -0.4 is 40.7 Å². The van der Waals surface area contributed by atoms with Crippen molar-refractivity contribution in [2.45, 2.75) is 13.8 Å². The first kappa shape index (κ1) is 24.2. The average Bonchev–Trinajstić information content (AvgIpc) is 3.07. The second-order valence-electron chi connectivity index (χ2n) is 6.25. The van der Waals surface area contributed by atoms with Crippen LogP contribution in [0.25, 0.3) is 10.8 Å². The Morgan fingerprint density at radius 3 is 1.63 bits per heavy atom. The molecule has 0 saturated heterocycles. The number of hydrogen-bond acceptors (Lipinski definition) is 0. The number of rotatable bonds is 3. The fraction of sp³-hybridized carbons (Fsp3) is 0.0870. The molecule has 0 unspecified atom stereocenters. The van der Waals surface area contributed by atoms with Crippen LogP contribution >= 0.6 is 7.92 Å². The van der Waals surface area contributed by atoms with Crippen LogP contribution in [0.1, 0.15) is 11.1 Å². The van der Waals surface area contributed by atoms with Gasteiger partial charge < -0.3 is 24.8 Å². The Hall–Kier alpha value is -0.850. The number of halogens is 2. The van der Waals surface area contributed by atoms with Gasteiger partial charge in [0.15, 0.2) is 0 Å². The van der Waals surface area contributed by atoms with E-state index in [4.69, 9.17) is 0 Å². The Morgan fingerprint density at radius 2 is 1.15 bits per heavy atom. The Morgan fingerprint density at radius 1 is 0.667 bits per heavy atom. The summed E-state index contributed by atoms with van der Waals surface area (Å²) in [6, 6.07) is 31.1. The third-order valence-corrected chi connectivity index (χ3v) is 7.00. The third-order valence-electron chi connectivity index (χ3n) is 4.59. The standard InChI is InChI=1S/C23H20P.2ClH.Hf/c1-17-13-14-18(2)23-16-21(15-22(17)23)24(19-9-5-3-6-10-19)20-11-7-4-8-12-20;;;/h3-16H,1-2H3;2*1H;/q-1;;;/p-2. The molecule has 4 rings (SSSR count). The van der Waals surface area contributed by atoms with Crippen LogP contribution in [0.5, 0.6) is 0 Å². The molecule has 0 bridgehead atoms. The molecule has 0 aliphatic rings. The molecular formula is C23H20Cl2HfP-3. The van der Waals surface area contributed by atoms with Crippen molar-refractivity contribution >= 4 is 34.6 Å². The van der Waals surface area contributed by atoms with Crippen molar-refractivity contribution in [3.05, 3.63) is 96.1 Å². The van der Waals surface area contributed by atoms with Gasteiger partial charge in [-0.1, -0.05) is 79.2 Å². The molecule has 0 aliphatic heterocycles. The smallest absolute Gasteiger partial charge is 0 e. The maximum Gasteiger partial charge on any atom is 0 e. The minimum absolute atomic E-state index is 0. The van der Waals surface area contributed by atoms with Gasteiger partial charge >= 0.3 is 0 Å². The SMILES string of the molecule is Cc1ccc(C)c2[cH-]c(P(c3ccccc3)c3ccccc3)cc12.[Cl-].[Cl-].[Hf]. The fourth-order valence-electron chi connectivity index (χ4n) is 3.31. The normalized spacial score (nSPS) is 10.0. The molecule has 0 nitrogen and oxygen atoms in total. The molecule has 4 aromatic rings. The molecule has 0 aliphatic carbocycles. The summed E-state index contributed by atoms with van der Waals surface area (Å²) < 4.78 is 0. The van der Waals surface area contributed by atoms with E-state index in [0.29, 0.717) is 0 Å². The van der Waals surface area contributed by atoms with E-state index in [1.54, 1.807) is 0 Å². The summed E-state index contributed by atoms with van der Waals surface area (Å²) in [5.41, 5.74) is 2.72. The zero-order valence-electron chi connectivity index (χ0n) is 15.3. The largest absolute Gasteiger partial charge is 1.00 e. The molecule has 0 fully saturated rings. The Kier molecular flexibility index (Phi) is 9.52. The third kappa shape index (κ3) is 4.96. The van der Waals surface area contributed by atoms with Gasteiger partial charge in [-0.25, -0.2) is 0 Å². The second kappa shape index (κ2) is 10.6.